The van der Waals surface area contributed by atoms with E-state index < -0.39 is 11.0 Å². The SMILES string of the molecule is CCNC(=NCCC(O)c1ccccc1)NCCNc1ccc([N+](=O)[O-])cc1. The quantitative estimate of drug-likeness (QED) is 0.164. The number of nitrogens with zero attached hydrogens (tertiary/aromatic N) is 2. The molecule has 0 aliphatic rings. The number of non-ortho nitro benzene ring substituents is 1. The summed E-state index contributed by atoms with van der Waals surface area (Å²) in [6, 6.07) is 15.9. The Balaban J connectivity index is 1.74. The van der Waals surface area contributed by atoms with Crippen LogP contribution in [0.3, 0.4) is 0 Å². The molecule has 1 atom stereocenters. The van der Waals surface area contributed by atoms with E-state index in [1.54, 1.807) is 12.1 Å². The van der Waals surface area contributed by atoms with Gasteiger partial charge in [0, 0.05) is 44.0 Å². The fourth-order valence-electron chi connectivity index (χ4n) is 2.57. The molecule has 0 aliphatic heterocycles. The zero-order valence-electron chi connectivity index (χ0n) is 16.0. The molecule has 0 bridgehead atoms. The van der Waals surface area contributed by atoms with Crippen molar-refractivity contribution in [3.8, 4) is 0 Å². The number of rotatable bonds is 10. The van der Waals surface area contributed by atoms with Crippen LogP contribution >= 0.6 is 0 Å². The normalized spacial score (nSPS) is 12.3. The summed E-state index contributed by atoms with van der Waals surface area (Å²) < 4.78 is 0. The van der Waals surface area contributed by atoms with Gasteiger partial charge in [0.25, 0.3) is 5.69 Å². The molecule has 4 N–H and O–H groups in total. The number of nitro groups is 1. The third-order valence-electron chi connectivity index (χ3n) is 4.03. The van der Waals surface area contributed by atoms with Crippen LogP contribution in [0.5, 0.6) is 0 Å². The van der Waals surface area contributed by atoms with Gasteiger partial charge in [0.15, 0.2) is 5.96 Å². The molecule has 0 saturated heterocycles. The fraction of sp³-hybridized carbons (Fsp3) is 0.350. The molecule has 150 valence electrons. The van der Waals surface area contributed by atoms with Crippen molar-refractivity contribution in [2.45, 2.75) is 19.4 Å². The molecule has 2 aromatic carbocycles. The molecule has 1 unspecified atom stereocenters. The van der Waals surface area contributed by atoms with Crippen molar-refractivity contribution in [2.24, 2.45) is 4.99 Å². The first-order valence-corrected chi connectivity index (χ1v) is 9.33. The Bertz CT molecular complexity index is 750. The number of anilines is 1. The van der Waals surface area contributed by atoms with Crippen molar-refractivity contribution >= 4 is 17.3 Å². The molecule has 28 heavy (non-hydrogen) atoms. The van der Waals surface area contributed by atoms with Crippen LogP contribution in [0, 0.1) is 10.1 Å². The second-order valence-electron chi connectivity index (χ2n) is 6.13. The maximum atomic E-state index is 10.7. The van der Waals surface area contributed by atoms with Gasteiger partial charge < -0.3 is 21.1 Å². The van der Waals surface area contributed by atoms with Gasteiger partial charge in [0.05, 0.1) is 11.0 Å². The van der Waals surface area contributed by atoms with Crippen LogP contribution in [0.1, 0.15) is 25.0 Å². The number of aliphatic hydroxyl groups is 1. The summed E-state index contributed by atoms with van der Waals surface area (Å²) in [4.78, 5) is 14.7. The van der Waals surface area contributed by atoms with Crippen LogP contribution in [0.15, 0.2) is 59.6 Å². The van der Waals surface area contributed by atoms with Crippen LogP contribution in [0.2, 0.25) is 0 Å². The van der Waals surface area contributed by atoms with Gasteiger partial charge in [-0.3, -0.25) is 15.1 Å². The van der Waals surface area contributed by atoms with Crippen LogP contribution in [0.4, 0.5) is 11.4 Å². The molecule has 0 aliphatic carbocycles. The maximum absolute atomic E-state index is 10.7. The topological polar surface area (TPSA) is 112 Å². The molecule has 0 saturated carbocycles. The summed E-state index contributed by atoms with van der Waals surface area (Å²) in [5.74, 6) is 0.688. The zero-order valence-corrected chi connectivity index (χ0v) is 16.0. The Hall–Kier alpha value is -3.13. The lowest BCUT2D eigenvalue weighted by Gasteiger charge is -2.13. The van der Waals surface area contributed by atoms with Crippen molar-refractivity contribution < 1.29 is 10.0 Å². The number of aliphatic imine (C=N–C) groups is 1. The fourth-order valence-corrected chi connectivity index (χ4v) is 2.57. The zero-order chi connectivity index (χ0) is 20.2. The number of aliphatic hydroxyl groups excluding tert-OH is 1. The van der Waals surface area contributed by atoms with Gasteiger partial charge in [-0.25, -0.2) is 0 Å². The van der Waals surface area contributed by atoms with Crippen molar-refractivity contribution in [1.82, 2.24) is 10.6 Å². The Morgan fingerprint density at radius 3 is 2.46 bits per heavy atom. The molecule has 8 nitrogen and oxygen atoms in total. The lowest BCUT2D eigenvalue weighted by atomic mass is 10.1. The highest BCUT2D eigenvalue weighted by atomic mass is 16.6. The van der Waals surface area contributed by atoms with Crippen molar-refractivity contribution in [2.75, 3.05) is 31.5 Å². The van der Waals surface area contributed by atoms with E-state index >= 15 is 0 Å². The van der Waals surface area contributed by atoms with Crippen LogP contribution in [-0.2, 0) is 0 Å². The van der Waals surface area contributed by atoms with Crippen LogP contribution in [-0.4, -0.2) is 42.2 Å². The second kappa shape index (κ2) is 11.6. The average molecular weight is 385 g/mol. The molecule has 8 heteroatoms. The Morgan fingerprint density at radius 2 is 1.82 bits per heavy atom. The lowest BCUT2D eigenvalue weighted by Crippen LogP contribution is -2.39. The molecule has 2 rings (SSSR count). The molecule has 0 aromatic heterocycles. The summed E-state index contributed by atoms with van der Waals surface area (Å²) in [5, 5.41) is 30.4. The van der Waals surface area contributed by atoms with Gasteiger partial charge in [-0.15, -0.1) is 0 Å². The van der Waals surface area contributed by atoms with Crippen molar-refractivity contribution in [3.05, 3.63) is 70.3 Å². The van der Waals surface area contributed by atoms with Gasteiger partial charge in [0.2, 0.25) is 0 Å². The van der Waals surface area contributed by atoms with E-state index in [9.17, 15) is 15.2 Å². The van der Waals surface area contributed by atoms with E-state index in [-0.39, 0.29) is 5.69 Å². The molecule has 0 heterocycles. The van der Waals surface area contributed by atoms with Crippen LogP contribution < -0.4 is 16.0 Å². The van der Waals surface area contributed by atoms with Crippen molar-refractivity contribution in [1.29, 1.82) is 0 Å². The largest absolute Gasteiger partial charge is 0.388 e. The monoisotopic (exact) mass is 385 g/mol. The standard InChI is InChI=1S/C20H27N5O3/c1-2-21-20(23-13-12-19(26)16-6-4-3-5-7-16)24-15-14-22-17-8-10-18(11-9-17)25(27)28/h3-11,19,22,26H,2,12-15H2,1H3,(H2,21,23,24). The minimum atomic E-state index is -0.531. The summed E-state index contributed by atoms with van der Waals surface area (Å²) >= 11 is 0. The number of nitro benzene ring substituents is 1. The Labute approximate surface area is 164 Å². The number of guanidine groups is 1. The Morgan fingerprint density at radius 1 is 1.11 bits per heavy atom. The molecule has 0 amide bonds. The van der Waals surface area contributed by atoms with Gasteiger partial charge in [-0.05, 0) is 31.0 Å². The minimum Gasteiger partial charge on any atom is -0.388 e. The summed E-state index contributed by atoms with van der Waals surface area (Å²) in [5.41, 5.74) is 1.78. The summed E-state index contributed by atoms with van der Waals surface area (Å²) in [6.07, 6.45) is 0.0124. The third-order valence-corrected chi connectivity index (χ3v) is 4.03. The number of hydrogen-bond donors (Lipinski definition) is 4. The molecule has 2 aromatic rings. The summed E-state index contributed by atoms with van der Waals surface area (Å²) in [6.45, 7) is 4.49. The van der Waals surface area contributed by atoms with E-state index in [1.807, 2.05) is 37.3 Å². The first-order valence-electron chi connectivity index (χ1n) is 9.33. The van der Waals surface area contributed by atoms with Gasteiger partial charge in [0.1, 0.15) is 0 Å². The van der Waals surface area contributed by atoms with E-state index in [0.717, 1.165) is 17.8 Å². The van der Waals surface area contributed by atoms with E-state index in [0.29, 0.717) is 32.0 Å². The Kier molecular flexibility index (Phi) is 8.74. The minimum absolute atomic E-state index is 0.0722. The predicted molar refractivity (Wildman–Crippen MR) is 112 cm³/mol. The molecular formula is C20H27N5O3. The van der Waals surface area contributed by atoms with Gasteiger partial charge >= 0.3 is 0 Å². The van der Waals surface area contributed by atoms with Crippen LogP contribution in [0.25, 0.3) is 0 Å². The van der Waals surface area contributed by atoms with E-state index in [4.69, 9.17) is 0 Å². The highest BCUT2D eigenvalue weighted by molar-refractivity contribution is 5.79. The second-order valence-corrected chi connectivity index (χ2v) is 6.13. The van der Waals surface area contributed by atoms with E-state index in [1.165, 1.54) is 12.1 Å². The third kappa shape index (κ3) is 7.24. The maximum Gasteiger partial charge on any atom is 0.269 e. The lowest BCUT2D eigenvalue weighted by molar-refractivity contribution is -0.384. The number of hydrogen-bond acceptors (Lipinski definition) is 5. The average Bonchev–Trinajstić information content (AvgIpc) is 2.72. The molecule has 0 fully saturated rings. The smallest absolute Gasteiger partial charge is 0.269 e. The molecule has 0 radical (unpaired) electrons. The van der Waals surface area contributed by atoms with Gasteiger partial charge in [-0.1, -0.05) is 30.3 Å². The van der Waals surface area contributed by atoms with E-state index in [2.05, 4.69) is 20.9 Å². The predicted octanol–water partition coefficient (Wildman–Crippen LogP) is 2.69. The number of benzene rings is 2. The summed E-state index contributed by atoms with van der Waals surface area (Å²) in [7, 11) is 0. The van der Waals surface area contributed by atoms with Gasteiger partial charge in [-0.2, -0.15) is 0 Å². The first-order chi connectivity index (χ1) is 13.6. The highest BCUT2D eigenvalue weighted by Gasteiger charge is 2.06. The number of nitrogens with one attached hydrogen (secondary N) is 3. The molecule has 0 spiro atoms. The highest BCUT2D eigenvalue weighted by Crippen LogP contribution is 2.16. The first kappa shape index (κ1) is 21.2. The molecular weight excluding hydrogens is 358 g/mol. The van der Waals surface area contributed by atoms with Crippen molar-refractivity contribution in [3.63, 3.8) is 0 Å².